The summed E-state index contributed by atoms with van der Waals surface area (Å²) >= 11 is 0. The Morgan fingerprint density at radius 1 is 0.886 bits per heavy atom. The number of benzene rings is 3. The molecule has 8 nitrogen and oxygen atoms in total. The Balaban J connectivity index is 1.68. The first-order chi connectivity index (χ1) is 17.0. The number of methoxy groups -OCH3 is 3. The lowest BCUT2D eigenvalue weighted by molar-refractivity contribution is 0.324. The molecule has 0 saturated heterocycles. The molecule has 0 unspecified atom stereocenters. The van der Waals surface area contributed by atoms with E-state index in [1.54, 1.807) is 30.5 Å². The van der Waals surface area contributed by atoms with Crippen LogP contribution in [0.4, 0.5) is 4.39 Å². The summed E-state index contributed by atoms with van der Waals surface area (Å²) in [5, 5.41) is 5.25. The number of halogens is 1. The fraction of sp³-hybridized carbons (Fsp3) is 0.115. The van der Waals surface area contributed by atoms with Gasteiger partial charge in [0.2, 0.25) is 11.6 Å². The van der Waals surface area contributed by atoms with E-state index in [1.807, 2.05) is 12.1 Å². The second-order valence-corrected chi connectivity index (χ2v) is 7.58. The number of nitrogens with zero attached hydrogens (tertiary/aromatic N) is 3. The highest BCUT2D eigenvalue weighted by molar-refractivity contribution is 5.94. The maximum Gasteiger partial charge on any atom is 0.262 e. The molecule has 3 aromatic carbocycles. The van der Waals surface area contributed by atoms with Gasteiger partial charge in [0.25, 0.3) is 11.4 Å². The second kappa shape index (κ2) is 8.94. The van der Waals surface area contributed by atoms with Crippen LogP contribution in [0.15, 0.2) is 76.2 Å². The lowest BCUT2D eigenvalue weighted by atomic mass is 10.1. The van der Waals surface area contributed by atoms with Gasteiger partial charge in [-0.05, 0) is 42.5 Å². The maximum atomic E-state index is 13.5. The number of fused-ring (bicyclic) bond motifs is 1. The molecule has 0 atom stereocenters. The topological polar surface area (TPSA) is 88.6 Å². The van der Waals surface area contributed by atoms with E-state index >= 15 is 0 Å². The first-order valence-electron chi connectivity index (χ1n) is 10.6. The average molecular weight is 473 g/mol. The molecule has 5 aromatic rings. The van der Waals surface area contributed by atoms with Gasteiger partial charge in [-0.3, -0.25) is 9.36 Å². The molecule has 35 heavy (non-hydrogen) atoms. The SMILES string of the molecule is COc1cc(-c2noc(-c3cn(-c4ccc(F)cc4)c(=O)c4ccccc34)n2)cc(OC)c1OC. The van der Waals surface area contributed by atoms with E-state index in [0.29, 0.717) is 50.7 Å². The van der Waals surface area contributed by atoms with Crippen LogP contribution < -0.4 is 19.8 Å². The number of hydrogen-bond donors (Lipinski definition) is 0. The average Bonchev–Trinajstić information content (AvgIpc) is 3.39. The summed E-state index contributed by atoms with van der Waals surface area (Å²) in [5.74, 6) is 1.45. The number of rotatable bonds is 6. The van der Waals surface area contributed by atoms with Crippen molar-refractivity contribution in [3.05, 3.63) is 83.0 Å². The highest BCUT2D eigenvalue weighted by Crippen LogP contribution is 2.41. The highest BCUT2D eigenvalue weighted by Gasteiger charge is 2.20. The number of aromatic nitrogens is 3. The summed E-state index contributed by atoms with van der Waals surface area (Å²) in [6, 6.07) is 16.2. The van der Waals surface area contributed by atoms with Crippen molar-refractivity contribution in [1.29, 1.82) is 0 Å². The van der Waals surface area contributed by atoms with E-state index in [0.717, 1.165) is 0 Å². The predicted molar refractivity (Wildman–Crippen MR) is 128 cm³/mol. The van der Waals surface area contributed by atoms with Crippen molar-refractivity contribution in [3.63, 3.8) is 0 Å². The molecular weight excluding hydrogens is 453 g/mol. The molecule has 5 rings (SSSR count). The monoisotopic (exact) mass is 473 g/mol. The Hall–Kier alpha value is -4.66. The van der Waals surface area contributed by atoms with Crippen LogP contribution in [0.3, 0.4) is 0 Å². The molecular formula is C26H20FN3O5. The lowest BCUT2D eigenvalue weighted by Crippen LogP contribution is -2.18. The van der Waals surface area contributed by atoms with Gasteiger partial charge in [0.1, 0.15) is 5.82 Å². The zero-order chi connectivity index (χ0) is 24.5. The maximum absolute atomic E-state index is 13.5. The summed E-state index contributed by atoms with van der Waals surface area (Å²) in [4.78, 5) is 17.8. The van der Waals surface area contributed by atoms with Crippen LogP contribution in [0, 0.1) is 5.82 Å². The molecule has 0 aliphatic heterocycles. The zero-order valence-electron chi connectivity index (χ0n) is 19.1. The normalized spacial score (nSPS) is 11.0. The standard InChI is InChI=1S/C26H20FN3O5/c1-32-21-12-15(13-22(33-2)23(21)34-3)24-28-25(35-29-24)20-14-30(17-10-8-16(27)9-11-17)26(31)19-7-5-4-6-18(19)20/h4-14H,1-3H3. The summed E-state index contributed by atoms with van der Waals surface area (Å²) in [7, 11) is 4.56. The van der Waals surface area contributed by atoms with Gasteiger partial charge < -0.3 is 18.7 Å². The molecule has 0 fully saturated rings. The van der Waals surface area contributed by atoms with Crippen LogP contribution >= 0.6 is 0 Å². The molecule has 0 saturated carbocycles. The molecule has 2 aromatic heterocycles. The van der Waals surface area contributed by atoms with Crippen molar-refractivity contribution >= 4 is 10.8 Å². The van der Waals surface area contributed by atoms with Crippen LogP contribution in [-0.4, -0.2) is 36.0 Å². The Bertz CT molecular complexity index is 1570. The molecule has 0 amide bonds. The molecule has 0 aliphatic carbocycles. The van der Waals surface area contributed by atoms with E-state index in [9.17, 15) is 9.18 Å². The fourth-order valence-electron chi connectivity index (χ4n) is 3.92. The predicted octanol–water partition coefficient (Wildman–Crippen LogP) is 4.87. The second-order valence-electron chi connectivity index (χ2n) is 7.58. The minimum Gasteiger partial charge on any atom is -0.493 e. The molecule has 0 N–H and O–H groups in total. The van der Waals surface area contributed by atoms with Gasteiger partial charge in [-0.2, -0.15) is 4.98 Å². The Morgan fingerprint density at radius 2 is 1.54 bits per heavy atom. The minimum atomic E-state index is -0.394. The van der Waals surface area contributed by atoms with Gasteiger partial charge >= 0.3 is 0 Å². The molecule has 0 bridgehead atoms. The van der Waals surface area contributed by atoms with Crippen molar-refractivity contribution in [2.24, 2.45) is 0 Å². The zero-order valence-corrected chi connectivity index (χ0v) is 19.1. The van der Waals surface area contributed by atoms with Gasteiger partial charge in [-0.15, -0.1) is 0 Å². The van der Waals surface area contributed by atoms with Gasteiger partial charge in [0.15, 0.2) is 11.5 Å². The van der Waals surface area contributed by atoms with Gasteiger partial charge in [0, 0.05) is 28.2 Å². The van der Waals surface area contributed by atoms with Gasteiger partial charge in [-0.25, -0.2) is 4.39 Å². The van der Waals surface area contributed by atoms with E-state index in [-0.39, 0.29) is 11.4 Å². The number of hydrogen-bond acceptors (Lipinski definition) is 7. The summed E-state index contributed by atoms with van der Waals surface area (Å²) in [6.07, 6.45) is 1.62. The quantitative estimate of drug-likeness (QED) is 0.348. The van der Waals surface area contributed by atoms with Crippen LogP contribution in [0.25, 0.3) is 39.3 Å². The van der Waals surface area contributed by atoms with Gasteiger partial charge in [-0.1, -0.05) is 23.4 Å². The number of ether oxygens (including phenoxy) is 3. The van der Waals surface area contributed by atoms with Crippen LogP contribution in [0.1, 0.15) is 0 Å². The van der Waals surface area contributed by atoms with E-state index in [2.05, 4.69) is 10.1 Å². The van der Waals surface area contributed by atoms with Crippen molar-refractivity contribution in [1.82, 2.24) is 14.7 Å². The van der Waals surface area contributed by atoms with Crippen molar-refractivity contribution in [2.45, 2.75) is 0 Å². The van der Waals surface area contributed by atoms with Crippen molar-refractivity contribution < 1.29 is 23.1 Å². The summed E-state index contributed by atoms with van der Waals surface area (Å²) in [5.41, 5.74) is 1.40. The Labute approximate surface area is 199 Å². The largest absolute Gasteiger partial charge is 0.493 e. The molecule has 0 aliphatic rings. The van der Waals surface area contributed by atoms with Crippen molar-refractivity contribution in [3.8, 4) is 45.8 Å². The molecule has 0 radical (unpaired) electrons. The molecule has 2 heterocycles. The first kappa shape index (κ1) is 22.1. The Morgan fingerprint density at radius 3 is 2.17 bits per heavy atom. The summed E-state index contributed by atoms with van der Waals surface area (Å²) in [6.45, 7) is 0. The third kappa shape index (κ3) is 3.86. The fourth-order valence-corrected chi connectivity index (χ4v) is 3.92. The third-order valence-corrected chi connectivity index (χ3v) is 5.61. The van der Waals surface area contributed by atoms with E-state index < -0.39 is 5.82 Å². The van der Waals surface area contributed by atoms with Crippen LogP contribution in [0.2, 0.25) is 0 Å². The molecule has 9 heteroatoms. The van der Waals surface area contributed by atoms with Gasteiger partial charge in [0.05, 0.1) is 26.9 Å². The van der Waals surface area contributed by atoms with E-state index in [1.165, 1.54) is 50.2 Å². The number of pyridine rings is 1. The highest BCUT2D eigenvalue weighted by atomic mass is 19.1. The van der Waals surface area contributed by atoms with E-state index in [4.69, 9.17) is 18.7 Å². The minimum absolute atomic E-state index is 0.209. The lowest BCUT2D eigenvalue weighted by Gasteiger charge is -2.12. The smallest absolute Gasteiger partial charge is 0.262 e. The summed E-state index contributed by atoms with van der Waals surface area (Å²) < 4.78 is 36.7. The molecule has 176 valence electrons. The molecule has 0 spiro atoms. The third-order valence-electron chi connectivity index (χ3n) is 5.61. The first-order valence-corrected chi connectivity index (χ1v) is 10.6. The Kier molecular flexibility index (Phi) is 5.66. The van der Waals surface area contributed by atoms with Crippen LogP contribution in [-0.2, 0) is 0 Å². The van der Waals surface area contributed by atoms with Crippen LogP contribution in [0.5, 0.6) is 17.2 Å². The van der Waals surface area contributed by atoms with Crippen molar-refractivity contribution in [2.75, 3.05) is 21.3 Å².